The highest BCUT2D eigenvalue weighted by Crippen LogP contribution is 2.40. The molecule has 4 aromatic rings. The number of H-pyrrole nitrogens is 1. The summed E-state index contributed by atoms with van der Waals surface area (Å²) in [5.41, 5.74) is 4.19. The molecule has 5 rings (SSSR count). The van der Waals surface area contributed by atoms with Gasteiger partial charge in [0.1, 0.15) is 23.5 Å². The lowest BCUT2D eigenvalue weighted by Gasteiger charge is -2.27. The number of para-hydroxylation sites is 2. The van der Waals surface area contributed by atoms with Crippen molar-refractivity contribution >= 4 is 34.0 Å². The fourth-order valence-corrected chi connectivity index (χ4v) is 4.22. The Morgan fingerprint density at radius 2 is 1.68 bits per heavy atom. The van der Waals surface area contributed by atoms with Crippen LogP contribution in [0.1, 0.15) is 23.0 Å². The van der Waals surface area contributed by atoms with E-state index >= 15 is 0 Å². The molecule has 3 N–H and O–H groups in total. The van der Waals surface area contributed by atoms with Crippen molar-refractivity contribution in [1.29, 1.82) is 5.41 Å². The summed E-state index contributed by atoms with van der Waals surface area (Å²) in [5, 5.41) is 20.9. The molecule has 2 heterocycles. The molecule has 0 spiro atoms. The Morgan fingerprint density at radius 1 is 0.968 bits per heavy atom. The number of aromatic nitrogens is 2. The fourth-order valence-electron chi connectivity index (χ4n) is 4.10. The second-order valence-corrected chi connectivity index (χ2v) is 8.03. The summed E-state index contributed by atoms with van der Waals surface area (Å²) in [6.45, 7) is 0.577. The first-order valence-corrected chi connectivity index (χ1v) is 10.5. The summed E-state index contributed by atoms with van der Waals surface area (Å²) >= 11 is 6.01. The van der Waals surface area contributed by atoms with Crippen molar-refractivity contribution in [2.24, 2.45) is 0 Å². The first-order chi connectivity index (χ1) is 15.1. The minimum Gasteiger partial charge on any atom is -0.509 e. The number of hydrogen-bond donors (Lipinski definition) is 3. The molecular weight excluding hydrogens is 408 g/mol. The van der Waals surface area contributed by atoms with Gasteiger partial charge in [-0.25, -0.2) is 4.98 Å². The molecule has 0 unspecified atom stereocenters. The standard InChI is InChI=1S/C25H21ClN4O/c26-18-12-10-16(11-13-18)14-15-30-22(17-6-2-1-3-7-17)23(31)21(24(30)27)25-28-19-8-4-5-9-20(19)29-25/h1-13,22,27,31H,14-15H2,(H,28,29)/t22-/m0/s1. The number of nitrogens with zero attached hydrogens (tertiary/aromatic N) is 2. The molecule has 31 heavy (non-hydrogen) atoms. The molecule has 1 aliphatic heterocycles. The van der Waals surface area contributed by atoms with E-state index in [0.717, 1.165) is 28.6 Å². The van der Waals surface area contributed by atoms with Crippen molar-refractivity contribution in [3.63, 3.8) is 0 Å². The average Bonchev–Trinajstić information content (AvgIpc) is 3.31. The van der Waals surface area contributed by atoms with Crippen molar-refractivity contribution in [1.82, 2.24) is 14.9 Å². The Morgan fingerprint density at radius 3 is 2.42 bits per heavy atom. The Kier molecular flexibility index (Phi) is 4.96. The molecule has 154 valence electrons. The second-order valence-electron chi connectivity index (χ2n) is 7.59. The summed E-state index contributed by atoms with van der Waals surface area (Å²) in [5.74, 6) is 0.921. The van der Waals surface area contributed by atoms with Crippen LogP contribution >= 0.6 is 11.6 Å². The van der Waals surface area contributed by atoms with Crippen LogP contribution < -0.4 is 0 Å². The molecule has 0 saturated heterocycles. The number of halogens is 1. The Balaban J connectivity index is 1.52. The summed E-state index contributed by atoms with van der Waals surface area (Å²) in [6, 6.07) is 24.8. The van der Waals surface area contributed by atoms with E-state index in [-0.39, 0.29) is 11.6 Å². The van der Waals surface area contributed by atoms with Crippen LogP contribution in [0.4, 0.5) is 0 Å². The third-order valence-electron chi connectivity index (χ3n) is 5.65. The van der Waals surface area contributed by atoms with Gasteiger partial charge in [0.25, 0.3) is 0 Å². The maximum Gasteiger partial charge on any atom is 0.145 e. The van der Waals surface area contributed by atoms with Gasteiger partial charge in [0.2, 0.25) is 0 Å². The molecule has 5 nitrogen and oxygen atoms in total. The smallest absolute Gasteiger partial charge is 0.145 e. The van der Waals surface area contributed by atoms with Gasteiger partial charge in [-0.3, -0.25) is 5.41 Å². The molecule has 0 radical (unpaired) electrons. The van der Waals surface area contributed by atoms with Gasteiger partial charge in [0, 0.05) is 11.6 Å². The van der Waals surface area contributed by atoms with Gasteiger partial charge in [-0.1, -0.05) is 66.2 Å². The van der Waals surface area contributed by atoms with Crippen LogP contribution in [0, 0.1) is 5.41 Å². The van der Waals surface area contributed by atoms with E-state index in [1.165, 1.54) is 0 Å². The lowest BCUT2D eigenvalue weighted by Crippen LogP contribution is -2.32. The zero-order valence-corrected chi connectivity index (χ0v) is 17.5. The van der Waals surface area contributed by atoms with Gasteiger partial charge in [-0.15, -0.1) is 0 Å². The van der Waals surface area contributed by atoms with E-state index in [1.54, 1.807) is 0 Å². The number of benzene rings is 3. The van der Waals surface area contributed by atoms with Gasteiger partial charge in [-0.05, 0) is 41.8 Å². The number of aromatic amines is 1. The third kappa shape index (κ3) is 3.57. The number of rotatable bonds is 5. The number of fused-ring (bicyclic) bond motifs is 1. The van der Waals surface area contributed by atoms with E-state index in [4.69, 9.17) is 17.0 Å². The van der Waals surface area contributed by atoms with Crippen LogP contribution in [0.25, 0.3) is 16.6 Å². The normalized spacial score (nSPS) is 16.5. The Labute approximate surface area is 185 Å². The largest absolute Gasteiger partial charge is 0.509 e. The third-order valence-corrected chi connectivity index (χ3v) is 5.90. The Bertz CT molecular complexity index is 1240. The molecule has 0 saturated carbocycles. The fraction of sp³-hybridized carbons (Fsp3) is 0.120. The highest BCUT2D eigenvalue weighted by atomic mass is 35.5. The average molecular weight is 429 g/mol. The number of aliphatic hydroxyl groups excluding tert-OH is 1. The molecule has 0 bridgehead atoms. The lowest BCUT2D eigenvalue weighted by molar-refractivity contribution is 0.276. The first kappa shape index (κ1) is 19.4. The van der Waals surface area contributed by atoms with Gasteiger partial charge in [0.05, 0.1) is 16.6 Å². The molecule has 0 amide bonds. The van der Waals surface area contributed by atoms with E-state index in [0.29, 0.717) is 23.0 Å². The molecule has 1 atom stereocenters. The number of amidine groups is 1. The zero-order valence-electron chi connectivity index (χ0n) is 16.7. The lowest BCUT2D eigenvalue weighted by atomic mass is 10.0. The molecule has 1 aliphatic rings. The van der Waals surface area contributed by atoms with Crippen LogP contribution in [0.3, 0.4) is 0 Å². The van der Waals surface area contributed by atoms with Crippen molar-refractivity contribution in [2.45, 2.75) is 12.5 Å². The zero-order chi connectivity index (χ0) is 21.4. The maximum absolute atomic E-state index is 11.3. The molecule has 0 aliphatic carbocycles. The summed E-state index contributed by atoms with van der Waals surface area (Å²) in [7, 11) is 0. The van der Waals surface area contributed by atoms with Crippen molar-refractivity contribution in [3.05, 3.63) is 107 Å². The van der Waals surface area contributed by atoms with Crippen LogP contribution in [0.2, 0.25) is 5.02 Å². The van der Waals surface area contributed by atoms with Gasteiger partial charge in [0.15, 0.2) is 0 Å². The quantitative estimate of drug-likeness (QED) is 0.378. The predicted octanol–water partition coefficient (Wildman–Crippen LogP) is 5.76. The molecule has 3 aromatic carbocycles. The number of imidazole rings is 1. The minimum absolute atomic E-state index is 0.145. The number of aliphatic hydroxyl groups is 1. The van der Waals surface area contributed by atoms with Crippen molar-refractivity contribution in [2.75, 3.05) is 6.54 Å². The highest BCUT2D eigenvalue weighted by Gasteiger charge is 2.39. The van der Waals surface area contributed by atoms with E-state index in [1.807, 2.05) is 83.8 Å². The Hall–Kier alpha value is -3.57. The predicted molar refractivity (Wildman–Crippen MR) is 124 cm³/mol. The van der Waals surface area contributed by atoms with Crippen LogP contribution in [0.5, 0.6) is 0 Å². The highest BCUT2D eigenvalue weighted by molar-refractivity contribution is 6.30. The second kappa shape index (κ2) is 7.93. The SMILES string of the molecule is N=C1C(c2nc3ccccc3[nH]2)=C(O)[C@H](c2ccccc2)N1CCc1ccc(Cl)cc1. The van der Waals surface area contributed by atoms with Crippen molar-refractivity contribution < 1.29 is 5.11 Å². The molecule has 1 aromatic heterocycles. The van der Waals surface area contributed by atoms with Crippen LogP contribution in [-0.2, 0) is 6.42 Å². The van der Waals surface area contributed by atoms with E-state index < -0.39 is 6.04 Å². The van der Waals surface area contributed by atoms with Crippen LogP contribution in [0.15, 0.2) is 84.6 Å². The van der Waals surface area contributed by atoms with Gasteiger partial charge < -0.3 is 15.0 Å². The van der Waals surface area contributed by atoms with E-state index in [2.05, 4.69) is 9.97 Å². The number of hydrogen-bond acceptors (Lipinski definition) is 3. The van der Waals surface area contributed by atoms with Crippen LogP contribution in [-0.4, -0.2) is 32.4 Å². The molecular formula is C25H21ClN4O. The summed E-state index contributed by atoms with van der Waals surface area (Å²) < 4.78 is 0. The number of nitrogens with one attached hydrogen (secondary N) is 2. The molecule has 6 heteroatoms. The van der Waals surface area contributed by atoms with E-state index in [9.17, 15) is 5.11 Å². The van der Waals surface area contributed by atoms with Gasteiger partial charge >= 0.3 is 0 Å². The molecule has 0 fully saturated rings. The minimum atomic E-state index is -0.427. The van der Waals surface area contributed by atoms with Gasteiger partial charge in [-0.2, -0.15) is 0 Å². The topological polar surface area (TPSA) is 76.0 Å². The van der Waals surface area contributed by atoms with Crippen molar-refractivity contribution in [3.8, 4) is 0 Å². The maximum atomic E-state index is 11.3. The summed E-state index contributed by atoms with van der Waals surface area (Å²) in [6.07, 6.45) is 0.726. The summed E-state index contributed by atoms with van der Waals surface area (Å²) in [4.78, 5) is 9.82. The monoisotopic (exact) mass is 428 g/mol. The first-order valence-electron chi connectivity index (χ1n) is 10.1.